The van der Waals surface area contributed by atoms with Crippen molar-refractivity contribution in [2.45, 2.75) is 59.1 Å². The fraction of sp³-hybridized carbons (Fsp3) is 0.647. The largest absolute Gasteiger partial charge is 0.490 e. The summed E-state index contributed by atoms with van der Waals surface area (Å²) in [4.78, 5) is 0. The van der Waals surface area contributed by atoms with Crippen LogP contribution in [0.5, 0.6) is 11.5 Å². The fourth-order valence-electron chi connectivity index (χ4n) is 1.95. The highest BCUT2D eigenvalue weighted by Crippen LogP contribution is 2.28. The molecule has 0 bridgehead atoms. The van der Waals surface area contributed by atoms with Gasteiger partial charge in [0.15, 0.2) is 11.5 Å². The minimum Gasteiger partial charge on any atom is -0.490 e. The van der Waals surface area contributed by atoms with Gasteiger partial charge in [-0.15, -0.1) is 0 Å². The summed E-state index contributed by atoms with van der Waals surface area (Å²) in [5.74, 6) is 1.66. The van der Waals surface area contributed by atoms with Gasteiger partial charge in [0, 0.05) is 12.1 Å². The fourth-order valence-corrected chi connectivity index (χ4v) is 1.95. The van der Waals surface area contributed by atoms with Crippen molar-refractivity contribution >= 4 is 0 Å². The number of nitrogens with one attached hydrogen (secondary N) is 1. The third kappa shape index (κ3) is 6.29. The van der Waals surface area contributed by atoms with E-state index in [4.69, 9.17) is 9.47 Å². The molecule has 0 radical (unpaired) electrons. The zero-order valence-electron chi connectivity index (χ0n) is 13.5. The van der Waals surface area contributed by atoms with Crippen LogP contribution >= 0.6 is 0 Å². The quantitative estimate of drug-likeness (QED) is 0.779. The van der Waals surface area contributed by atoms with E-state index in [1.807, 2.05) is 31.2 Å². The smallest absolute Gasteiger partial charge is 0.161 e. The minimum absolute atomic E-state index is 0.106. The molecule has 1 atom stereocenters. The Bertz CT molecular complexity index is 385. The normalized spacial score (nSPS) is 13.1. The van der Waals surface area contributed by atoms with E-state index in [1.54, 1.807) is 0 Å². The number of para-hydroxylation sites is 2. The van der Waals surface area contributed by atoms with Crippen LogP contribution in [0.4, 0.5) is 0 Å². The SMILES string of the molecule is CCCC(CNC(C)(C)C)Oc1ccccc1OCC. The van der Waals surface area contributed by atoms with E-state index in [0.29, 0.717) is 6.61 Å². The summed E-state index contributed by atoms with van der Waals surface area (Å²) in [7, 11) is 0. The van der Waals surface area contributed by atoms with Crippen molar-refractivity contribution in [3.05, 3.63) is 24.3 Å². The van der Waals surface area contributed by atoms with Crippen LogP contribution < -0.4 is 14.8 Å². The molecule has 1 unspecified atom stereocenters. The van der Waals surface area contributed by atoms with Crippen molar-refractivity contribution in [2.24, 2.45) is 0 Å². The summed E-state index contributed by atoms with van der Waals surface area (Å²) in [5, 5.41) is 3.51. The van der Waals surface area contributed by atoms with E-state index in [9.17, 15) is 0 Å². The van der Waals surface area contributed by atoms with E-state index in [2.05, 4.69) is 33.0 Å². The predicted octanol–water partition coefficient (Wildman–Crippen LogP) is 4.02. The first kappa shape index (κ1) is 16.8. The van der Waals surface area contributed by atoms with Crippen molar-refractivity contribution in [3.8, 4) is 11.5 Å². The molecule has 0 aliphatic rings. The second-order valence-corrected chi connectivity index (χ2v) is 6.04. The van der Waals surface area contributed by atoms with Crippen LogP contribution in [-0.2, 0) is 0 Å². The molecule has 0 spiro atoms. The maximum absolute atomic E-state index is 6.15. The lowest BCUT2D eigenvalue weighted by atomic mass is 10.1. The molecule has 0 aromatic heterocycles. The Balaban J connectivity index is 2.69. The van der Waals surface area contributed by atoms with Gasteiger partial charge in [-0.25, -0.2) is 0 Å². The molecule has 1 rings (SSSR count). The van der Waals surface area contributed by atoms with Gasteiger partial charge in [0.1, 0.15) is 6.10 Å². The third-order valence-corrected chi connectivity index (χ3v) is 2.91. The van der Waals surface area contributed by atoms with E-state index in [-0.39, 0.29) is 11.6 Å². The molecular formula is C17H29NO2. The second kappa shape index (κ2) is 8.15. The van der Waals surface area contributed by atoms with Crippen LogP contribution in [-0.4, -0.2) is 24.8 Å². The van der Waals surface area contributed by atoms with Gasteiger partial charge in [0.25, 0.3) is 0 Å². The molecule has 3 nitrogen and oxygen atoms in total. The van der Waals surface area contributed by atoms with Gasteiger partial charge in [-0.2, -0.15) is 0 Å². The van der Waals surface area contributed by atoms with Gasteiger partial charge in [0.2, 0.25) is 0 Å². The third-order valence-electron chi connectivity index (χ3n) is 2.91. The summed E-state index contributed by atoms with van der Waals surface area (Å²) in [6, 6.07) is 7.89. The lowest BCUT2D eigenvalue weighted by Crippen LogP contribution is -2.42. The van der Waals surface area contributed by atoms with Crippen molar-refractivity contribution in [3.63, 3.8) is 0 Å². The summed E-state index contributed by atoms with van der Waals surface area (Å²) >= 11 is 0. The van der Waals surface area contributed by atoms with Crippen molar-refractivity contribution in [2.75, 3.05) is 13.2 Å². The van der Waals surface area contributed by atoms with Gasteiger partial charge < -0.3 is 14.8 Å². The van der Waals surface area contributed by atoms with Gasteiger partial charge in [-0.3, -0.25) is 0 Å². The first-order chi connectivity index (χ1) is 9.46. The number of rotatable bonds is 8. The molecule has 0 amide bonds. The first-order valence-electron chi connectivity index (χ1n) is 7.59. The van der Waals surface area contributed by atoms with Gasteiger partial charge in [0.05, 0.1) is 6.61 Å². The Labute approximate surface area is 123 Å². The topological polar surface area (TPSA) is 30.5 Å². The van der Waals surface area contributed by atoms with E-state index >= 15 is 0 Å². The zero-order chi connectivity index (χ0) is 15.0. The summed E-state index contributed by atoms with van der Waals surface area (Å²) in [6.07, 6.45) is 2.30. The molecule has 0 aliphatic heterocycles. The average Bonchev–Trinajstić information content (AvgIpc) is 2.38. The number of ether oxygens (including phenoxy) is 2. The Morgan fingerprint density at radius 3 is 2.30 bits per heavy atom. The average molecular weight is 279 g/mol. The highest BCUT2D eigenvalue weighted by molar-refractivity contribution is 5.39. The van der Waals surface area contributed by atoms with E-state index in [0.717, 1.165) is 30.9 Å². The summed E-state index contributed by atoms with van der Waals surface area (Å²) < 4.78 is 11.8. The van der Waals surface area contributed by atoms with Crippen LogP contribution in [0, 0.1) is 0 Å². The summed E-state index contributed by atoms with van der Waals surface area (Å²) in [6.45, 7) is 12.2. The van der Waals surface area contributed by atoms with E-state index < -0.39 is 0 Å². The number of hydrogen-bond donors (Lipinski definition) is 1. The second-order valence-electron chi connectivity index (χ2n) is 6.04. The minimum atomic E-state index is 0.106. The zero-order valence-corrected chi connectivity index (χ0v) is 13.5. The molecular weight excluding hydrogens is 250 g/mol. The maximum Gasteiger partial charge on any atom is 0.161 e. The molecule has 0 fully saturated rings. The van der Waals surface area contributed by atoms with Crippen LogP contribution in [0.25, 0.3) is 0 Å². The molecule has 0 saturated heterocycles. The number of hydrogen-bond acceptors (Lipinski definition) is 3. The number of benzene rings is 1. The molecule has 1 N–H and O–H groups in total. The molecule has 3 heteroatoms. The molecule has 1 aromatic carbocycles. The van der Waals surface area contributed by atoms with Crippen LogP contribution in [0.1, 0.15) is 47.5 Å². The Kier molecular flexibility index (Phi) is 6.86. The summed E-state index contributed by atoms with van der Waals surface area (Å²) in [5.41, 5.74) is 0.106. The maximum atomic E-state index is 6.15. The molecule has 20 heavy (non-hydrogen) atoms. The van der Waals surface area contributed by atoms with Crippen LogP contribution in [0.15, 0.2) is 24.3 Å². The molecule has 0 heterocycles. The van der Waals surface area contributed by atoms with Crippen LogP contribution in [0.2, 0.25) is 0 Å². The standard InChI is InChI=1S/C17H29NO2/c1-6-10-14(13-18-17(3,4)5)20-16-12-9-8-11-15(16)19-7-2/h8-9,11-12,14,18H,6-7,10,13H2,1-5H3. The molecule has 1 aromatic rings. The molecule has 114 valence electrons. The Hall–Kier alpha value is -1.22. The van der Waals surface area contributed by atoms with Crippen molar-refractivity contribution in [1.82, 2.24) is 5.32 Å². The Morgan fingerprint density at radius 1 is 1.10 bits per heavy atom. The molecule has 0 aliphatic carbocycles. The monoisotopic (exact) mass is 279 g/mol. The highest BCUT2D eigenvalue weighted by atomic mass is 16.5. The Morgan fingerprint density at radius 2 is 1.75 bits per heavy atom. The van der Waals surface area contributed by atoms with Crippen LogP contribution in [0.3, 0.4) is 0 Å². The van der Waals surface area contributed by atoms with Gasteiger partial charge >= 0.3 is 0 Å². The van der Waals surface area contributed by atoms with E-state index in [1.165, 1.54) is 0 Å². The lowest BCUT2D eigenvalue weighted by molar-refractivity contribution is 0.166. The van der Waals surface area contributed by atoms with Gasteiger partial charge in [-0.05, 0) is 46.2 Å². The van der Waals surface area contributed by atoms with Crippen molar-refractivity contribution < 1.29 is 9.47 Å². The predicted molar refractivity (Wildman–Crippen MR) is 84.7 cm³/mol. The van der Waals surface area contributed by atoms with Crippen molar-refractivity contribution in [1.29, 1.82) is 0 Å². The van der Waals surface area contributed by atoms with Gasteiger partial charge in [-0.1, -0.05) is 25.5 Å². The highest BCUT2D eigenvalue weighted by Gasteiger charge is 2.16. The lowest BCUT2D eigenvalue weighted by Gasteiger charge is -2.26. The molecule has 0 saturated carbocycles. The first-order valence-corrected chi connectivity index (χ1v) is 7.59.